The van der Waals surface area contributed by atoms with Crippen LogP contribution in [0.3, 0.4) is 0 Å². The SMILES string of the molecule is C[C@]12C=CC(=O)C=C1C(Br)C(Br)[C@@H]1[C@@H]2C(=O)C[C@@]2(C)[C@H]1CC[C@]2(O)C(=O)CO. The van der Waals surface area contributed by atoms with E-state index in [4.69, 9.17) is 0 Å². The van der Waals surface area contributed by atoms with E-state index in [1.54, 1.807) is 6.08 Å². The van der Waals surface area contributed by atoms with E-state index in [9.17, 15) is 24.6 Å². The summed E-state index contributed by atoms with van der Waals surface area (Å²) in [5.41, 5.74) is -2.26. The van der Waals surface area contributed by atoms with Gasteiger partial charge in [0, 0.05) is 32.8 Å². The van der Waals surface area contributed by atoms with Crippen molar-refractivity contribution in [3.63, 3.8) is 0 Å². The molecule has 2 N–H and O–H groups in total. The standard InChI is InChI=1S/C21H24Br2O5/c1-19-5-3-10(25)7-12(19)17(22)18(23)15-11-4-6-21(28,14(27)9-24)20(11,2)8-13(26)16(15)19/h3,5,7,11,15-18,24,28H,4,6,8-9H2,1-2H3/t11-,15-,16-,17?,18?,19-,20-,21-/m0/s1. The van der Waals surface area contributed by atoms with E-state index in [2.05, 4.69) is 31.9 Å². The fourth-order valence-corrected chi connectivity index (χ4v) is 8.49. The van der Waals surface area contributed by atoms with Crippen LogP contribution < -0.4 is 0 Å². The molecule has 3 saturated carbocycles. The third kappa shape index (κ3) is 2.39. The molecule has 0 saturated heterocycles. The predicted octanol–water partition coefficient (Wildman–Crippen LogP) is 2.51. The summed E-state index contributed by atoms with van der Waals surface area (Å²) in [6.07, 6.45) is 5.99. The second-order valence-corrected chi connectivity index (χ2v) is 11.2. The van der Waals surface area contributed by atoms with Crippen LogP contribution in [0.25, 0.3) is 0 Å². The molecule has 5 nitrogen and oxygen atoms in total. The first-order valence-electron chi connectivity index (χ1n) is 9.64. The molecule has 0 spiro atoms. The summed E-state index contributed by atoms with van der Waals surface area (Å²) in [6.45, 7) is 3.10. The van der Waals surface area contributed by atoms with E-state index in [1.165, 1.54) is 6.08 Å². The summed E-state index contributed by atoms with van der Waals surface area (Å²) in [7, 11) is 0. The average molecular weight is 516 g/mol. The highest BCUT2D eigenvalue weighted by Gasteiger charge is 2.70. The van der Waals surface area contributed by atoms with Gasteiger partial charge in [-0.1, -0.05) is 51.8 Å². The zero-order chi connectivity index (χ0) is 20.6. The molecule has 0 radical (unpaired) electrons. The Morgan fingerprint density at radius 1 is 1.29 bits per heavy atom. The number of fused-ring (bicyclic) bond motifs is 5. The molecule has 0 heterocycles. The second-order valence-electron chi connectivity index (χ2n) is 9.17. The maximum atomic E-state index is 13.5. The number of Topliss-reactive ketones (excluding diaryl/α,β-unsaturated/α-hetero) is 2. The molecule has 8 atom stereocenters. The second kappa shape index (κ2) is 6.43. The smallest absolute Gasteiger partial charge is 0.190 e. The van der Waals surface area contributed by atoms with Crippen molar-refractivity contribution >= 4 is 49.2 Å². The number of rotatable bonds is 2. The Bertz CT molecular complexity index is 835. The van der Waals surface area contributed by atoms with Crippen molar-refractivity contribution in [1.82, 2.24) is 0 Å². The molecule has 0 amide bonds. The Labute approximate surface area is 180 Å². The van der Waals surface area contributed by atoms with Gasteiger partial charge in [-0.05, 0) is 42.4 Å². The van der Waals surface area contributed by atoms with Gasteiger partial charge in [-0.25, -0.2) is 0 Å². The molecular weight excluding hydrogens is 492 g/mol. The summed E-state index contributed by atoms with van der Waals surface area (Å²) < 4.78 is 0. The molecule has 7 heteroatoms. The number of halogens is 2. The first-order chi connectivity index (χ1) is 13.0. The third-order valence-corrected chi connectivity index (χ3v) is 10.9. The zero-order valence-electron chi connectivity index (χ0n) is 15.8. The van der Waals surface area contributed by atoms with Crippen LogP contribution in [0, 0.1) is 28.6 Å². The van der Waals surface area contributed by atoms with Crippen LogP contribution in [-0.2, 0) is 14.4 Å². The molecular formula is C21H24Br2O5. The summed E-state index contributed by atoms with van der Waals surface area (Å²) in [5, 5.41) is 20.7. The molecule has 4 aliphatic rings. The molecule has 2 unspecified atom stereocenters. The molecule has 0 aromatic heterocycles. The summed E-state index contributed by atoms with van der Waals surface area (Å²) >= 11 is 7.53. The largest absolute Gasteiger partial charge is 0.388 e. The first kappa shape index (κ1) is 20.6. The average Bonchev–Trinajstić information content (AvgIpc) is 2.91. The fourth-order valence-electron chi connectivity index (χ4n) is 6.55. The first-order valence-corrected chi connectivity index (χ1v) is 11.5. The number of hydrogen-bond acceptors (Lipinski definition) is 5. The number of ketones is 3. The van der Waals surface area contributed by atoms with Crippen LogP contribution >= 0.6 is 31.9 Å². The Balaban J connectivity index is 1.84. The Hall–Kier alpha value is -0.630. The molecule has 4 aliphatic carbocycles. The van der Waals surface area contributed by atoms with Crippen LogP contribution in [0.4, 0.5) is 0 Å². The quantitative estimate of drug-likeness (QED) is 0.551. The van der Waals surface area contributed by atoms with Crippen molar-refractivity contribution in [2.75, 3.05) is 6.61 Å². The number of carbonyl (C=O) groups is 3. The molecule has 152 valence electrons. The van der Waals surface area contributed by atoms with Crippen LogP contribution in [-0.4, -0.2) is 49.4 Å². The molecule has 3 fully saturated rings. The number of aliphatic hydroxyl groups excluding tert-OH is 1. The number of allylic oxidation sites excluding steroid dienone is 4. The fraction of sp³-hybridized carbons (Fsp3) is 0.667. The van der Waals surface area contributed by atoms with Crippen LogP contribution in [0.2, 0.25) is 0 Å². The van der Waals surface area contributed by atoms with E-state index in [0.717, 1.165) is 5.57 Å². The van der Waals surface area contributed by atoms with Crippen molar-refractivity contribution in [2.45, 2.75) is 48.4 Å². The molecule has 0 aromatic carbocycles. The third-order valence-electron chi connectivity index (χ3n) is 8.03. The van der Waals surface area contributed by atoms with Crippen molar-refractivity contribution in [2.24, 2.45) is 28.6 Å². The minimum absolute atomic E-state index is 0.00561. The van der Waals surface area contributed by atoms with Gasteiger partial charge < -0.3 is 10.2 Å². The minimum Gasteiger partial charge on any atom is -0.388 e. The van der Waals surface area contributed by atoms with Gasteiger partial charge in [0.25, 0.3) is 0 Å². The highest BCUT2D eigenvalue weighted by atomic mass is 79.9. The summed E-state index contributed by atoms with van der Waals surface area (Å²) in [4.78, 5) is 37.7. The van der Waals surface area contributed by atoms with Crippen LogP contribution in [0.5, 0.6) is 0 Å². The maximum absolute atomic E-state index is 13.5. The zero-order valence-corrected chi connectivity index (χ0v) is 19.0. The van der Waals surface area contributed by atoms with Gasteiger partial charge in [0.2, 0.25) is 0 Å². The van der Waals surface area contributed by atoms with Gasteiger partial charge in [-0.3, -0.25) is 14.4 Å². The number of carbonyl (C=O) groups excluding carboxylic acids is 3. The van der Waals surface area contributed by atoms with E-state index >= 15 is 0 Å². The Kier molecular flexibility index (Phi) is 4.74. The summed E-state index contributed by atoms with van der Waals surface area (Å²) in [5.74, 6) is -1.15. The van der Waals surface area contributed by atoms with E-state index in [0.29, 0.717) is 6.42 Å². The lowest BCUT2D eigenvalue weighted by Crippen LogP contribution is -2.64. The van der Waals surface area contributed by atoms with Gasteiger partial charge in [-0.15, -0.1) is 0 Å². The lowest BCUT2D eigenvalue weighted by atomic mass is 9.46. The van der Waals surface area contributed by atoms with Crippen molar-refractivity contribution in [1.29, 1.82) is 0 Å². The monoisotopic (exact) mass is 514 g/mol. The molecule has 0 bridgehead atoms. The number of aliphatic hydroxyl groups is 2. The number of alkyl halides is 2. The minimum atomic E-state index is -1.68. The normalized spacial score (nSPS) is 49.9. The lowest BCUT2D eigenvalue weighted by Gasteiger charge is -2.59. The topological polar surface area (TPSA) is 91.7 Å². The van der Waals surface area contributed by atoms with Crippen LogP contribution in [0.15, 0.2) is 23.8 Å². The van der Waals surface area contributed by atoms with E-state index < -0.39 is 28.8 Å². The molecule has 28 heavy (non-hydrogen) atoms. The lowest BCUT2D eigenvalue weighted by molar-refractivity contribution is -0.168. The van der Waals surface area contributed by atoms with Gasteiger partial charge >= 0.3 is 0 Å². The van der Waals surface area contributed by atoms with Gasteiger partial charge in [0.15, 0.2) is 11.6 Å². The van der Waals surface area contributed by atoms with Crippen molar-refractivity contribution in [3.8, 4) is 0 Å². The van der Waals surface area contributed by atoms with Crippen molar-refractivity contribution < 1.29 is 24.6 Å². The van der Waals surface area contributed by atoms with Gasteiger partial charge in [0.1, 0.15) is 18.0 Å². The van der Waals surface area contributed by atoms with Crippen molar-refractivity contribution in [3.05, 3.63) is 23.8 Å². The summed E-state index contributed by atoms with van der Waals surface area (Å²) in [6, 6.07) is 0. The predicted molar refractivity (Wildman–Crippen MR) is 110 cm³/mol. The Morgan fingerprint density at radius 3 is 2.61 bits per heavy atom. The number of hydrogen-bond donors (Lipinski definition) is 2. The van der Waals surface area contributed by atoms with Gasteiger partial charge in [-0.2, -0.15) is 0 Å². The highest BCUT2D eigenvalue weighted by Crippen LogP contribution is 2.67. The van der Waals surface area contributed by atoms with Gasteiger partial charge in [0.05, 0.1) is 0 Å². The highest BCUT2D eigenvalue weighted by molar-refractivity contribution is 9.12. The molecule has 4 rings (SSSR count). The van der Waals surface area contributed by atoms with E-state index in [1.807, 2.05) is 19.9 Å². The molecule has 0 aliphatic heterocycles. The molecule has 0 aromatic rings. The Morgan fingerprint density at radius 2 is 1.96 bits per heavy atom. The van der Waals surface area contributed by atoms with Crippen LogP contribution in [0.1, 0.15) is 33.1 Å². The maximum Gasteiger partial charge on any atom is 0.190 e. The van der Waals surface area contributed by atoms with E-state index in [-0.39, 0.29) is 51.8 Å².